The maximum atomic E-state index is 13.2. The molecule has 82 valence electrons. The van der Waals surface area contributed by atoms with Crippen molar-refractivity contribution < 1.29 is 4.39 Å². The average Bonchev–Trinajstić information content (AvgIpc) is 2.28. The lowest BCUT2D eigenvalue weighted by atomic mass is 10.1. The number of benzene rings is 1. The zero-order chi connectivity index (χ0) is 11.5. The normalized spacial score (nSPS) is 10.4. The maximum Gasteiger partial charge on any atom is 0.142 e. The van der Waals surface area contributed by atoms with Crippen LogP contribution in [0.15, 0.2) is 36.7 Å². The molecule has 4 heteroatoms. The summed E-state index contributed by atoms with van der Waals surface area (Å²) in [5, 5.41) is 0.144. The van der Waals surface area contributed by atoms with Crippen molar-refractivity contribution in [1.82, 2.24) is 4.98 Å². The lowest BCUT2D eigenvalue weighted by Crippen LogP contribution is -1.97. The predicted octanol–water partition coefficient (Wildman–Crippen LogP) is 3.05. The first-order valence-corrected chi connectivity index (χ1v) is 5.17. The number of pyridine rings is 1. The summed E-state index contributed by atoms with van der Waals surface area (Å²) in [6.07, 6.45) is 3.76. The number of nitrogens with two attached hydrogens (primary N) is 1. The second-order valence-corrected chi connectivity index (χ2v) is 3.84. The molecule has 2 rings (SSSR count). The summed E-state index contributed by atoms with van der Waals surface area (Å²) in [6.45, 7) is 0. The summed E-state index contributed by atoms with van der Waals surface area (Å²) < 4.78 is 13.2. The van der Waals surface area contributed by atoms with E-state index in [1.165, 1.54) is 6.07 Å². The molecule has 0 radical (unpaired) electrons. The van der Waals surface area contributed by atoms with Crippen molar-refractivity contribution in [1.29, 1.82) is 0 Å². The van der Waals surface area contributed by atoms with E-state index in [2.05, 4.69) is 4.98 Å². The van der Waals surface area contributed by atoms with E-state index >= 15 is 0 Å². The summed E-state index contributed by atoms with van der Waals surface area (Å²) in [5.41, 5.74) is 7.97. The van der Waals surface area contributed by atoms with Crippen molar-refractivity contribution in [2.45, 2.75) is 6.42 Å². The Hall–Kier alpha value is -1.61. The Kier molecular flexibility index (Phi) is 3.06. The first-order valence-electron chi connectivity index (χ1n) is 4.79. The van der Waals surface area contributed by atoms with Crippen LogP contribution in [0, 0.1) is 5.82 Å². The van der Waals surface area contributed by atoms with Gasteiger partial charge < -0.3 is 5.73 Å². The molecule has 0 atom stereocenters. The highest BCUT2D eigenvalue weighted by Gasteiger charge is 2.07. The third-order valence-corrected chi connectivity index (χ3v) is 2.78. The number of nitrogen functional groups attached to an aromatic ring is 1. The number of anilines is 1. The average molecular weight is 237 g/mol. The van der Waals surface area contributed by atoms with E-state index < -0.39 is 5.82 Å². The predicted molar refractivity (Wildman–Crippen MR) is 62.9 cm³/mol. The fourth-order valence-electron chi connectivity index (χ4n) is 1.48. The Morgan fingerprint density at radius 3 is 2.81 bits per heavy atom. The van der Waals surface area contributed by atoms with E-state index in [9.17, 15) is 4.39 Å². The van der Waals surface area contributed by atoms with E-state index in [-0.39, 0.29) is 5.02 Å². The smallest absolute Gasteiger partial charge is 0.142 e. The van der Waals surface area contributed by atoms with Gasteiger partial charge in [-0.2, -0.15) is 0 Å². The van der Waals surface area contributed by atoms with Gasteiger partial charge in [-0.1, -0.05) is 23.7 Å². The number of nitrogens with zero attached hydrogens (tertiary/aromatic N) is 1. The van der Waals surface area contributed by atoms with Crippen LogP contribution in [-0.2, 0) is 6.42 Å². The molecule has 0 amide bonds. The first-order chi connectivity index (χ1) is 7.68. The van der Waals surface area contributed by atoms with Gasteiger partial charge in [0.2, 0.25) is 0 Å². The number of aromatic nitrogens is 1. The van der Waals surface area contributed by atoms with E-state index in [0.717, 1.165) is 5.56 Å². The fraction of sp³-hybridized carbons (Fsp3) is 0.0833. The van der Waals surface area contributed by atoms with Crippen LogP contribution < -0.4 is 5.73 Å². The summed E-state index contributed by atoms with van der Waals surface area (Å²) in [4.78, 5) is 3.98. The van der Waals surface area contributed by atoms with Crippen LogP contribution >= 0.6 is 11.6 Å². The first kappa shape index (κ1) is 10.9. The molecule has 0 aliphatic heterocycles. The third-order valence-electron chi connectivity index (χ3n) is 2.35. The quantitative estimate of drug-likeness (QED) is 0.871. The van der Waals surface area contributed by atoms with E-state index in [4.69, 9.17) is 17.3 Å². The standard InChI is InChI=1S/C12H10ClFN2/c13-12-8(2-1-3-10(12)14)6-9-7-16-5-4-11(9)15/h1-5,7H,6H2,(H2,15,16). The van der Waals surface area contributed by atoms with Crippen molar-refractivity contribution in [3.05, 3.63) is 58.6 Å². The van der Waals surface area contributed by atoms with Crippen LogP contribution in [0.4, 0.5) is 10.1 Å². The SMILES string of the molecule is Nc1ccncc1Cc1cccc(F)c1Cl. The lowest BCUT2D eigenvalue weighted by Gasteiger charge is -2.07. The number of hydrogen-bond acceptors (Lipinski definition) is 2. The summed E-state index contributed by atoms with van der Waals surface area (Å²) in [5.74, 6) is -0.415. The van der Waals surface area contributed by atoms with Crippen LogP contribution in [0.3, 0.4) is 0 Å². The third kappa shape index (κ3) is 2.14. The molecule has 16 heavy (non-hydrogen) atoms. The number of hydrogen-bond donors (Lipinski definition) is 1. The maximum absolute atomic E-state index is 13.2. The molecule has 2 N–H and O–H groups in total. The number of halogens is 2. The van der Waals surface area contributed by atoms with E-state index in [1.807, 2.05) is 0 Å². The Bertz CT molecular complexity index is 514. The van der Waals surface area contributed by atoms with Gasteiger partial charge in [-0.15, -0.1) is 0 Å². The Balaban J connectivity index is 2.35. The van der Waals surface area contributed by atoms with Gasteiger partial charge in [0.15, 0.2) is 0 Å². The molecule has 0 saturated heterocycles. The number of rotatable bonds is 2. The van der Waals surface area contributed by atoms with Crippen LogP contribution in [0.5, 0.6) is 0 Å². The zero-order valence-electron chi connectivity index (χ0n) is 8.45. The summed E-state index contributed by atoms with van der Waals surface area (Å²) >= 11 is 5.86. The molecule has 2 aromatic rings. The molecule has 0 aliphatic carbocycles. The molecule has 0 unspecified atom stereocenters. The van der Waals surface area contributed by atoms with Crippen molar-refractivity contribution >= 4 is 17.3 Å². The molecule has 1 aromatic heterocycles. The molecule has 2 nitrogen and oxygen atoms in total. The van der Waals surface area contributed by atoms with Crippen molar-refractivity contribution in [3.63, 3.8) is 0 Å². The highest BCUT2D eigenvalue weighted by molar-refractivity contribution is 6.31. The largest absolute Gasteiger partial charge is 0.398 e. The van der Waals surface area contributed by atoms with Crippen molar-refractivity contribution in [3.8, 4) is 0 Å². The Morgan fingerprint density at radius 1 is 1.25 bits per heavy atom. The monoisotopic (exact) mass is 236 g/mol. The van der Waals surface area contributed by atoms with Gasteiger partial charge in [0, 0.05) is 24.5 Å². The van der Waals surface area contributed by atoms with Gasteiger partial charge in [0.05, 0.1) is 5.02 Å². The van der Waals surface area contributed by atoms with Gasteiger partial charge in [-0.05, 0) is 23.3 Å². The lowest BCUT2D eigenvalue weighted by molar-refractivity contribution is 0.626. The topological polar surface area (TPSA) is 38.9 Å². The van der Waals surface area contributed by atoms with Crippen LogP contribution in [0.2, 0.25) is 5.02 Å². The highest BCUT2D eigenvalue weighted by Crippen LogP contribution is 2.23. The highest BCUT2D eigenvalue weighted by atomic mass is 35.5. The molecule has 0 fully saturated rings. The van der Waals surface area contributed by atoms with Crippen LogP contribution in [-0.4, -0.2) is 4.98 Å². The Labute approximate surface area is 97.9 Å². The van der Waals surface area contributed by atoms with Gasteiger partial charge >= 0.3 is 0 Å². The van der Waals surface area contributed by atoms with E-state index in [1.54, 1.807) is 30.6 Å². The molecular weight excluding hydrogens is 227 g/mol. The van der Waals surface area contributed by atoms with Gasteiger partial charge in [0.25, 0.3) is 0 Å². The summed E-state index contributed by atoms with van der Waals surface area (Å²) in [7, 11) is 0. The van der Waals surface area contributed by atoms with E-state index in [0.29, 0.717) is 17.7 Å². The molecule has 0 aliphatic rings. The zero-order valence-corrected chi connectivity index (χ0v) is 9.21. The van der Waals surface area contributed by atoms with Crippen LogP contribution in [0.25, 0.3) is 0 Å². The minimum absolute atomic E-state index is 0.144. The molecule has 1 heterocycles. The summed E-state index contributed by atoms with van der Waals surface area (Å²) in [6, 6.07) is 6.45. The minimum Gasteiger partial charge on any atom is -0.398 e. The van der Waals surface area contributed by atoms with Crippen LogP contribution in [0.1, 0.15) is 11.1 Å². The molecule has 0 spiro atoms. The van der Waals surface area contributed by atoms with Gasteiger partial charge in [0.1, 0.15) is 5.82 Å². The molecule has 0 bridgehead atoms. The minimum atomic E-state index is -0.415. The molecule has 1 aromatic carbocycles. The van der Waals surface area contributed by atoms with Crippen molar-refractivity contribution in [2.24, 2.45) is 0 Å². The molecular formula is C12H10ClFN2. The van der Waals surface area contributed by atoms with Gasteiger partial charge in [-0.3, -0.25) is 4.98 Å². The second-order valence-electron chi connectivity index (χ2n) is 3.46. The molecule has 0 saturated carbocycles. The Morgan fingerprint density at radius 2 is 2.06 bits per heavy atom. The van der Waals surface area contributed by atoms with Crippen molar-refractivity contribution in [2.75, 3.05) is 5.73 Å². The fourth-order valence-corrected chi connectivity index (χ4v) is 1.67. The second kappa shape index (κ2) is 4.49. The van der Waals surface area contributed by atoms with Gasteiger partial charge in [-0.25, -0.2) is 4.39 Å².